The molecule has 0 unspecified atom stereocenters. The molecular weight excluding hydrogens is 427 g/mol. The highest BCUT2D eigenvalue weighted by Crippen LogP contribution is 2.42. The van der Waals surface area contributed by atoms with E-state index in [-0.39, 0.29) is 23.3 Å². The third kappa shape index (κ3) is 3.95. The van der Waals surface area contributed by atoms with Gasteiger partial charge >= 0.3 is 0 Å². The number of nitrogens with zero attached hydrogens (tertiary/aromatic N) is 3. The van der Waals surface area contributed by atoms with E-state index < -0.39 is 0 Å². The van der Waals surface area contributed by atoms with Crippen LogP contribution < -0.4 is 10.6 Å². The number of rotatable bonds is 3. The first-order valence-corrected chi connectivity index (χ1v) is 11.4. The van der Waals surface area contributed by atoms with Crippen LogP contribution in [0.15, 0.2) is 60.8 Å². The second kappa shape index (κ2) is 8.77. The molecule has 0 spiro atoms. The number of piperidine rings is 1. The van der Waals surface area contributed by atoms with E-state index >= 15 is 0 Å². The Labute approximate surface area is 198 Å². The van der Waals surface area contributed by atoms with Crippen molar-refractivity contribution in [1.29, 1.82) is 0 Å². The Morgan fingerprint density at radius 1 is 1.06 bits per heavy atom. The Kier molecular flexibility index (Phi) is 5.64. The molecule has 5 nitrogen and oxygen atoms in total. The molecule has 170 valence electrons. The van der Waals surface area contributed by atoms with Crippen LogP contribution in [0.25, 0.3) is 38.0 Å². The minimum absolute atomic E-state index is 0.0350. The van der Waals surface area contributed by atoms with Gasteiger partial charge in [-0.25, -0.2) is 9.24 Å². The van der Waals surface area contributed by atoms with E-state index in [0.29, 0.717) is 5.56 Å². The van der Waals surface area contributed by atoms with Crippen molar-refractivity contribution in [2.75, 3.05) is 18.0 Å². The normalized spacial score (nSPS) is 14.4. The second-order valence-electron chi connectivity index (χ2n) is 8.88. The van der Waals surface area contributed by atoms with Gasteiger partial charge in [0.25, 0.3) is 0 Å². The Morgan fingerprint density at radius 2 is 1.85 bits per heavy atom. The molecule has 1 aliphatic rings. The van der Waals surface area contributed by atoms with Crippen molar-refractivity contribution in [3.63, 3.8) is 0 Å². The molecule has 4 aromatic rings. The molecule has 34 heavy (non-hydrogen) atoms. The van der Waals surface area contributed by atoms with Gasteiger partial charge in [-0.3, -0.25) is 4.98 Å². The second-order valence-corrected chi connectivity index (χ2v) is 8.88. The number of pyridine rings is 1. The summed E-state index contributed by atoms with van der Waals surface area (Å²) in [5.41, 5.74) is 12.1. The number of aromatic hydroxyl groups is 1. The van der Waals surface area contributed by atoms with Gasteiger partial charge in [0.15, 0.2) is 0 Å². The maximum absolute atomic E-state index is 14.4. The number of hydrogen-bond acceptors (Lipinski definition) is 4. The lowest BCUT2D eigenvalue weighted by Gasteiger charge is -2.34. The predicted octanol–water partition coefficient (Wildman–Crippen LogP) is 6.20. The number of fused-ring (bicyclic) bond motifs is 1. The molecule has 0 bridgehead atoms. The summed E-state index contributed by atoms with van der Waals surface area (Å²) in [7, 11) is 0. The first kappa shape index (κ1) is 21.9. The first-order chi connectivity index (χ1) is 16.4. The van der Waals surface area contributed by atoms with Crippen LogP contribution in [-0.4, -0.2) is 29.2 Å². The number of para-hydroxylation sites is 1. The van der Waals surface area contributed by atoms with E-state index in [1.807, 2.05) is 37.4 Å². The molecule has 3 aromatic carbocycles. The van der Waals surface area contributed by atoms with Crippen molar-refractivity contribution >= 4 is 22.3 Å². The first-order valence-electron chi connectivity index (χ1n) is 11.4. The van der Waals surface area contributed by atoms with Crippen LogP contribution in [0.3, 0.4) is 0 Å². The molecule has 1 fully saturated rings. The molecule has 1 aliphatic heterocycles. The number of anilines is 1. The van der Waals surface area contributed by atoms with Crippen molar-refractivity contribution in [1.82, 2.24) is 4.98 Å². The Balaban J connectivity index is 1.76. The zero-order valence-electron chi connectivity index (χ0n) is 18.9. The summed E-state index contributed by atoms with van der Waals surface area (Å²) in [6.45, 7) is 10.8. The summed E-state index contributed by atoms with van der Waals surface area (Å²) in [5.74, 6) is -0.316. The summed E-state index contributed by atoms with van der Waals surface area (Å²) in [5, 5.41) is 11.6. The van der Waals surface area contributed by atoms with Gasteiger partial charge in [0.1, 0.15) is 11.6 Å². The van der Waals surface area contributed by atoms with Gasteiger partial charge in [0.2, 0.25) is 5.69 Å². The van der Waals surface area contributed by atoms with Gasteiger partial charge in [-0.2, -0.15) is 0 Å². The largest absolute Gasteiger partial charge is 0.518 e. The average molecular weight is 453 g/mol. The number of phenolic OH excluding ortho intramolecular Hbond substituents is 1. The number of halogens is 1. The number of aryl methyl sites for hydroxylation is 1. The highest BCUT2D eigenvalue weighted by molar-refractivity contribution is 6.02. The van der Waals surface area contributed by atoms with E-state index in [0.717, 1.165) is 64.8 Å². The summed E-state index contributed by atoms with van der Waals surface area (Å²) >= 11 is 0. The van der Waals surface area contributed by atoms with Crippen molar-refractivity contribution in [2.45, 2.75) is 25.8 Å². The third-order valence-electron chi connectivity index (χ3n) is 6.49. The summed E-state index contributed by atoms with van der Waals surface area (Å²) in [6.07, 6.45) is 3.56. The summed E-state index contributed by atoms with van der Waals surface area (Å²) in [4.78, 5) is 10.4. The fraction of sp³-hybridized carbons (Fsp3) is 0.214. The van der Waals surface area contributed by atoms with E-state index in [2.05, 4.69) is 9.74 Å². The number of hydrogen-bond donors (Lipinski definition) is 2. The monoisotopic (exact) mass is 452 g/mol. The van der Waals surface area contributed by atoms with Crippen LogP contribution in [0.1, 0.15) is 18.4 Å². The maximum atomic E-state index is 14.4. The quantitative estimate of drug-likeness (QED) is 0.363. The van der Waals surface area contributed by atoms with Crippen molar-refractivity contribution in [3.8, 4) is 28.0 Å². The summed E-state index contributed by atoms with van der Waals surface area (Å²) in [6, 6.07) is 16.2. The van der Waals surface area contributed by atoms with Gasteiger partial charge in [-0.1, -0.05) is 30.3 Å². The summed E-state index contributed by atoms with van der Waals surface area (Å²) < 4.78 is 14.4. The molecule has 0 atom stereocenters. The molecule has 0 amide bonds. The molecule has 2 heterocycles. The van der Waals surface area contributed by atoms with Crippen LogP contribution >= 0.6 is 0 Å². The van der Waals surface area contributed by atoms with Gasteiger partial charge in [0.05, 0.1) is 17.8 Å². The number of benzene rings is 3. The van der Waals surface area contributed by atoms with Crippen LogP contribution in [0.4, 0.5) is 15.8 Å². The minimum Gasteiger partial charge on any atom is -0.518 e. The third-order valence-corrected chi connectivity index (χ3v) is 6.49. The Bertz CT molecular complexity index is 1410. The maximum Gasteiger partial charge on any atom is 0.228 e. The van der Waals surface area contributed by atoms with Gasteiger partial charge in [-0.15, -0.1) is 0 Å². The topological polar surface area (TPSA) is 66.7 Å². The lowest BCUT2D eigenvalue weighted by Crippen LogP contribution is -2.40. The van der Waals surface area contributed by atoms with Gasteiger partial charge in [-0.05, 0) is 60.7 Å². The molecule has 0 aliphatic carbocycles. The molecule has 3 N–H and O–H groups in total. The van der Waals surface area contributed by atoms with Gasteiger partial charge in [0, 0.05) is 41.8 Å². The fourth-order valence-corrected chi connectivity index (χ4v) is 4.77. The molecule has 1 saturated heterocycles. The molecule has 1 aromatic heterocycles. The van der Waals surface area contributed by atoms with Crippen LogP contribution in [0.5, 0.6) is 5.75 Å². The van der Waals surface area contributed by atoms with Crippen molar-refractivity contribution < 1.29 is 9.50 Å². The highest BCUT2D eigenvalue weighted by Gasteiger charge is 2.23. The lowest BCUT2D eigenvalue weighted by molar-refractivity contribution is 0.480. The standard InChI is InChI=1S/C28H25FN4O/c1-17-12-19(14-20(29)13-17)24-16-32-25-7-6-18(22-4-3-5-26(31-2)28(22)34)15-23(25)27(24)33-10-8-21(30)9-11-33/h3-7,12-16,21,34H,8-11,30H2,1H3. The zero-order chi connectivity index (χ0) is 23.8. The van der Waals surface area contributed by atoms with Crippen molar-refractivity contribution in [2.24, 2.45) is 5.73 Å². The molecular formula is C28H25FN4O. The van der Waals surface area contributed by atoms with Crippen LogP contribution in [-0.2, 0) is 0 Å². The van der Waals surface area contributed by atoms with E-state index in [4.69, 9.17) is 17.3 Å². The molecule has 6 heteroatoms. The highest BCUT2D eigenvalue weighted by atomic mass is 19.1. The van der Waals surface area contributed by atoms with E-state index in [9.17, 15) is 9.50 Å². The Hall–Kier alpha value is -3.95. The zero-order valence-corrected chi connectivity index (χ0v) is 18.9. The lowest BCUT2D eigenvalue weighted by atomic mass is 9.95. The molecule has 0 radical (unpaired) electrons. The number of phenols is 1. The fourth-order valence-electron chi connectivity index (χ4n) is 4.77. The SMILES string of the molecule is [C-]#[N+]c1cccc(-c2ccc3ncc(-c4cc(C)cc(F)c4)c(N4CCC(N)CC4)c3c2)c1O. The van der Waals surface area contributed by atoms with E-state index in [1.54, 1.807) is 24.3 Å². The van der Waals surface area contributed by atoms with Crippen molar-refractivity contribution in [3.05, 3.63) is 83.6 Å². The average Bonchev–Trinajstić information content (AvgIpc) is 2.83. The molecule has 0 saturated carbocycles. The van der Waals surface area contributed by atoms with E-state index in [1.165, 1.54) is 6.07 Å². The minimum atomic E-state index is -0.281. The number of aromatic nitrogens is 1. The van der Waals surface area contributed by atoms with Crippen LogP contribution in [0.2, 0.25) is 0 Å². The smallest absolute Gasteiger partial charge is 0.228 e. The predicted molar refractivity (Wildman–Crippen MR) is 135 cm³/mol. The Morgan fingerprint density at radius 3 is 2.59 bits per heavy atom. The molecule has 5 rings (SSSR count). The van der Waals surface area contributed by atoms with Crippen LogP contribution in [0, 0.1) is 19.3 Å². The van der Waals surface area contributed by atoms with Gasteiger partial charge < -0.3 is 15.7 Å². The number of nitrogens with two attached hydrogens (primary N) is 1.